The molecule has 0 saturated heterocycles. The molecule has 1 aliphatic heterocycles. The minimum Gasteiger partial charge on any atom is -0.503 e. The second-order valence-electron chi connectivity index (χ2n) is 7.95. The molecule has 1 unspecified atom stereocenters. The van der Waals surface area contributed by atoms with E-state index >= 15 is 0 Å². The number of ether oxygens (including phenoxy) is 2. The smallest absolute Gasteiger partial charge is 0.290 e. The topological polar surface area (TPSA) is 92.2 Å². The lowest BCUT2D eigenvalue weighted by Crippen LogP contribution is -2.36. The third kappa shape index (κ3) is 4.94. The first kappa shape index (κ1) is 24.5. The number of aromatic nitrogens is 1. The third-order valence-corrected chi connectivity index (χ3v) is 6.38. The number of aliphatic hydroxyl groups is 1. The molecule has 0 radical (unpaired) electrons. The van der Waals surface area contributed by atoms with E-state index in [-0.39, 0.29) is 5.57 Å². The van der Waals surface area contributed by atoms with E-state index < -0.39 is 23.5 Å². The Morgan fingerprint density at radius 1 is 1.33 bits per heavy atom. The predicted molar refractivity (Wildman–Crippen MR) is 127 cm³/mol. The van der Waals surface area contributed by atoms with Crippen molar-refractivity contribution in [1.29, 1.82) is 0 Å². The van der Waals surface area contributed by atoms with E-state index in [4.69, 9.17) is 9.47 Å². The quantitative estimate of drug-likeness (QED) is 0.419. The van der Waals surface area contributed by atoms with Gasteiger partial charge in [-0.1, -0.05) is 18.7 Å². The maximum absolute atomic E-state index is 13.6. The molecule has 0 saturated carbocycles. The molecule has 1 aromatic carbocycles. The summed E-state index contributed by atoms with van der Waals surface area (Å²) in [6.07, 6.45) is 1.63. The minimum absolute atomic E-state index is 0.0484. The van der Waals surface area contributed by atoms with Crippen LogP contribution in [0.1, 0.15) is 32.0 Å². The molecule has 3 rings (SSSR count). The number of Topliss-reactive ketones (excluding diaryl/α,β-unsaturated/α-hetero) is 1. The van der Waals surface area contributed by atoms with Crippen molar-refractivity contribution in [2.75, 3.05) is 40.9 Å². The predicted octanol–water partition coefficient (Wildman–Crippen LogP) is 3.47. The monoisotopic (exact) mass is 471 g/mol. The number of aryl methyl sites for hydroxylation is 2. The number of ketones is 1. The lowest BCUT2D eigenvalue weighted by molar-refractivity contribution is -0.129. The van der Waals surface area contributed by atoms with Gasteiger partial charge in [0.15, 0.2) is 17.3 Å². The van der Waals surface area contributed by atoms with Crippen LogP contribution in [0.25, 0.3) is 0 Å². The molecule has 1 amide bonds. The number of nitrogens with zero attached hydrogens (tertiary/aromatic N) is 3. The van der Waals surface area contributed by atoms with Crippen LogP contribution in [0.4, 0.5) is 0 Å². The maximum Gasteiger partial charge on any atom is 0.290 e. The summed E-state index contributed by atoms with van der Waals surface area (Å²) in [5.74, 6) is -0.528. The van der Waals surface area contributed by atoms with E-state index in [2.05, 4.69) is 11.6 Å². The van der Waals surface area contributed by atoms with Gasteiger partial charge in [-0.15, -0.1) is 11.3 Å². The fourth-order valence-electron chi connectivity index (χ4n) is 3.76. The molecule has 1 atom stereocenters. The largest absolute Gasteiger partial charge is 0.503 e. The number of benzene rings is 1. The molecule has 2 heterocycles. The highest BCUT2D eigenvalue weighted by atomic mass is 32.1. The van der Waals surface area contributed by atoms with E-state index in [1.54, 1.807) is 31.2 Å². The number of amides is 1. The zero-order valence-corrected chi connectivity index (χ0v) is 20.4. The van der Waals surface area contributed by atoms with Crippen molar-refractivity contribution in [3.05, 3.63) is 63.3 Å². The fourth-order valence-corrected chi connectivity index (χ4v) is 4.63. The van der Waals surface area contributed by atoms with Gasteiger partial charge in [-0.05, 0) is 45.6 Å². The Hall–Kier alpha value is -3.17. The first-order chi connectivity index (χ1) is 15.7. The molecule has 1 aliphatic rings. The van der Waals surface area contributed by atoms with Crippen molar-refractivity contribution in [1.82, 2.24) is 14.8 Å². The van der Waals surface area contributed by atoms with Crippen LogP contribution in [0, 0.1) is 13.8 Å². The Morgan fingerprint density at radius 2 is 2.06 bits per heavy atom. The van der Waals surface area contributed by atoms with Crippen LogP contribution >= 0.6 is 11.3 Å². The molecule has 0 fully saturated rings. The number of carbonyl (C=O) groups excluding carboxylic acids is 2. The molecule has 0 spiro atoms. The second-order valence-corrected chi connectivity index (χ2v) is 9.16. The molecular weight excluding hydrogens is 442 g/mol. The van der Waals surface area contributed by atoms with Crippen LogP contribution in [0.2, 0.25) is 0 Å². The Balaban J connectivity index is 2.11. The first-order valence-electron chi connectivity index (χ1n) is 10.5. The van der Waals surface area contributed by atoms with Crippen LogP contribution in [-0.2, 0) is 4.79 Å². The highest BCUT2D eigenvalue weighted by molar-refractivity contribution is 7.14. The maximum atomic E-state index is 13.6. The van der Waals surface area contributed by atoms with Gasteiger partial charge in [0.25, 0.3) is 5.91 Å². The van der Waals surface area contributed by atoms with Gasteiger partial charge in [-0.3, -0.25) is 9.59 Å². The van der Waals surface area contributed by atoms with Crippen LogP contribution in [0.3, 0.4) is 0 Å². The molecule has 33 heavy (non-hydrogen) atoms. The van der Waals surface area contributed by atoms with Crippen LogP contribution < -0.4 is 9.47 Å². The zero-order chi connectivity index (χ0) is 24.3. The number of rotatable bonds is 10. The molecule has 1 aromatic heterocycles. The molecule has 1 N–H and O–H groups in total. The van der Waals surface area contributed by atoms with E-state index in [1.165, 1.54) is 23.3 Å². The van der Waals surface area contributed by atoms with Crippen molar-refractivity contribution in [2.24, 2.45) is 0 Å². The summed E-state index contributed by atoms with van der Waals surface area (Å²) in [4.78, 5) is 34.8. The molecule has 9 heteroatoms. The van der Waals surface area contributed by atoms with Crippen LogP contribution in [-0.4, -0.2) is 72.5 Å². The standard InChI is InChI=1S/C24H29N3O5S/c1-7-12-32-17-9-8-16(13-18(17)31-6)20-19(21(28)23-14(2)25-15(3)33-23)22(29)24(30)27(20)11-10-26(4)5/h7-9,13,20,29H,1,10-12H2,2-6H3. The van der Waals surface area contributed by atoms with Gasteiger partial charge in [0, 0.05) is 13.1 Å². The summed E-state index contributed by atoms with van der Waals surface area (Å²) in [6, 6.07) is 4.47. The van der Waals surface area contributed by atoms with Gasteiger partial charge in [0.2, 0.25) is 5.78 Å². The Labute approximate surface area is 197 Å². The summed E-state index contributed by atoms with van der Waals surface area (Å²) in [5.41, 5.74) is 1.26. The SMILES string of the molecule is C=CCOc1ccc(C2C(C(=O)c3sc(C)nc3C)=C(O)C(=O)N2CCN(C)C)cc1OC. The molecule has 176 valence electrons. The Kier molecular flexibility index (Phi) is 7.55. The van der Waals surface area contributed by atoms with Crippen molar-refractivity contribution in [2.45, 2.75) is 19.9 Å². The van der Waals surface area contributed by atoms with Crippen molar-refractivity contribution < 1.29 is 24.2 Å². The second kappa shape index (κ2) is 10.2. The highest BCUT2D eigenvalue weighted by Crippen LogP contribution is 2.42. The average molecular weight is 472 g/mol. The van der Waals surface area contributed by atoms with Crippen LogP contribution in [0.15, 0.2) is 42.2 Å². The highest BCUT2D eigenvalue weighted by Gasteiger charge is 2.44. The van der Waals surface area contributed by atoms with E-state index in [0.29, 0.717) is 47.3 Å². The van der Waals surface area contributed by atoms with Crippen molar-refractivity contribution in [3.63, 3.8) is 0 Å². The number of carbonyl (C=O) groups is 2. The van der Waals surface area contributed by atoms with Gasteiger partial charge in [0.05, 0.1) is 34.3 Å². The van der Waals surface area contributed by atoms with E-state index in [0.717, 1.165) is 5.01 Å². The Bertz CT molecular complexity index is 1110. The summed E-state index contributed by atoms with van der Waals surface area (Å²) in [5, 5.41) is 11.6. The average Bonchev–Trinajstić information content (AvgIpc) is 3.25. The first-order valence-corrected chi connectivity index (χ1v) is 11.3. The van der Waals surface area contributed by atoms with Crippen molar-refractivity contribution >= 4 is 23.0 Å². The number of methoxy groups -OCH3 is 1. The zero-order valence-electron chi connectivity index (χ0n) is 19.5. The normalized spacial score (nSPS) is 16.0. The molecule has 0 bridgehead atoms. The lowest BCUT2D eigenvalue weighted by Gasteiger charge is -2.28. The van der Waals surface area contributed by atoms with Gasteiger partial charge in [-0.25, -0.2) is 4.98 Å². The summed E-state index contributed by atoms with van der Waals surface area (Å²) in [6.45, 7) is 8.41. The van der Waals surface area contributed by atoms with Gasteiger partial charge < -0.3 is 24.4 Å². The van der Waals surface area contributed by atoms with Gasteiger partial charge >= 0.3 is 0 Å². The number of likely N-dealkylation sites (N-methyl/N-ethyl adjacent to an activating group) is 1. The molecule has 8 nitrogen and oxygen atoms in total. The van der Waals surface area contributed by atoms with Gasteiger partial charge in [0.1, 0.15) is 6.61 Å². The minimum atomic E-state index is -0.769. The fraction of sp³-hybridized carbons (Fsp3) is 0.375. The van der Waals surface area contributed by atoms with E-state index in [9.17, 15) is 14.7 Å². The number of hydrogen-bond acceptors (Lipinski definition) is 8. The third-order valence-electron chi connectivity index (χ3n) is 5.31. The molecule has 0 aliphatic carbocycles. The molecule has 2 aromatic rings. The van der Waals surface area contributed by atoms with Crippen LogP contribution in [0.5, 0.6) is 11.5 Å². The summed E-state index contributed by atoms with van der Waals surface area (Å²) in [7, 11) is 5.31. The van der Waals surface area contributed by atoms with Gasteiger partial charge in [-0.2, -0.15) is 0 Å². The lowest BCUT2D eigenvalue weighted by atomic mass is 9.94. The molecular formula is C24H29N3O5S. The van der Waals surface area contributed by atoms with E-state index in [1.807, 2.05) is 25.9 Å². The number of hydrogen-bond donors (Lipinski definition) is 1. The summed E-state index contributed by atoms with van der Waals surface area (Å²) < 4.78 is 11.1. The Morgan fingerprint density at radius 3 is 2.64 bits per heavy atom. The summed E-state index contributed by atoms with van der Waals surface area (Å²) >= 11 is 1.25. The van der Waals surface area contributed by atoms with Crippen molar-refractivity contribution in [3.8, 4) is 11.5 Å². The number of thiazole rings is 1. The number of aliphatic hydroxyl groups excluding tert-OH is 1.